The lowest BCUT2D eigenvalue weighted by atomic mass is 9.99. The molecule has 0 aliphatic carbocycles. The van der Waals surface area contributed by atoms with Gasteiger partial charge in [-0.1, -0.05) is 19.1 Å². The van der Waals surface area contributed by atoms with Gasteiger partial charge >= 0.3 is 6.18 Å². The number of carbonyl (C=O) groups excluding carboxylic acids is 1. The predicted octanol–water partition coefficient (Wildman–Crippen LogP) is 5.00. The van der Waals surface area contributed by atoms with Crippen molar-refractivity contribution in [3.63, 3.8) is 0 Å². The van der Waals surface area contributed by atoms with Crippen molar-refractivity contribution in [1.29, 1.82) is 0 Å². The molecule has 1 aliphatic rings. The SMILES string of the molecule is C[C@H](CO)N1C[C@H](C)[C@H](CN(C)Cc2ccc(C(F)(F)F)cc2)Oc2ccc(NS(=O)(=O)c3ccc(F)cc3)cc2C1=O. The molecule has 2 N–H and O–H groups in total. The number of hydrogen-bond donors (Lipinski definition) is 2. The zero-order valence-electron chi connectivity index (χ0n) is 23.8. The fraction of sp³-hybridized carbons (Fsp3) is 0.367. The molecule has 0 bridgehead atoms. The third kappa shape index (κ3) is 7.84. The van der Waals surface area contributed by atoms with Crippen molar-refractivity contribution in [2.45, 2.75) is 43.6 Å². The lowest BCUT2D eigenvalue weighted by molar-refractivity contribution is -0.137. The molecule has 1 amide bonds. The molecule has 13 heteroatoms. The van der Waals surface area contributed by atoms with Gasteiger partial charge in [-0.25, -0.2) is 12.8 Å². The molecule has 0 saturated heterocycles. The molecular weight excluding hydrogens is 590 g/mol. The summed E-state index contributed by atoms with van der Waals surface area (Å²) in [6, 6.07) is 13.0. The molecule has 1 aliphatic heterocycles. The van der Waals surface area contributed by atoms with E-state index >= 15 is 0 Å². The summed E-state index contributed by atoms with van der Waals surface area (Å²) < 4.78 is 86.6. The third-order valence-electron chi connectivity index (χ3n) is 7.27. The molecular formula is C30H33F4N3O5S. The molecule has 0 unspecified atom stereocenters. The molecule has 232 valence electrons. The van der Waals surface area contributed by atoms with E-state index in [-0.39, 0.29) is 41.0 Å². The summed E-state index contributed by atoms with van der Waals surface area (Å²) >= 11 is 0. The Morgan fingerprint density at radius 1 is 1.09 bits per heavy atom. The van der Waals surface area contributed by atoms with Crippen LogP contribution in [-0.4, -0.2) is 68.1 Å². The molecule has 0 aromatic heterocycles. The number of anilines is 1. The van der Waals surface area contributed by atoms with Crippen molar-refractivity contribution in [3.8, 4) is 5.75 Å². The number of sulfonamides is 1. The highest BCUT2D eigenvalue weighted by molar-refractivity contribution is 7.92. The Bertz CT molecular complexity index is 1530. The minimum atomic E-state index is -4.42. The number of alkyl halides is 3. The number of ether oxygens (including phenoxy) is 1. The van der Waals surface area contributed by atoms with E-state index in [9.17, 15) is 35.9 Å². The van der Waals surface area contributed by atoms with E-state index in [2.05, 4.69) is 4.72 Å². The zero-order valence-corrected chi connectivity index (χ0v) is 24.6. The molecule has 43 heavy (non-hydrogen) atoms. The van der Waals surface area contributed by atoms with Gasteiger partial charge in [0.1, 0.15) is 17.7 Å². The van der Waals surface area contributed by atoms with E-state index in [0.717, 1.165) is 36.4 Å². The van der Waals surface area contributed by atoms with Gasteiger partial charge in [0.15, 0.2) is 0 Å². The number of carbonyl (C=O) groups is 1. The standard InChI is InChI=1S/C30H33F4N3O5S/c1-19-15-37(20(2)18-38)29(39)26-14-24(35-43(40,41)25-11-8-23(31)9-12-25)10-13-27(26)42-28(19)17-36(3)16-21-4-6-22(7-5-21)30(32,33)34/h4-14,19-20,28,35,38H,15-18H2,1-3H3/t19-,20+,28-/m0/s1. The van der Waals surface area contributed by atoms with Gasteiger partial charge in [0.25, 0.3) is 15.9 Å². The molecule has 0 saturated carbocycles. The van der Waals surface area contributed by atoms with Gasteiger partial charge in [0, 0.05) is 31.2 Å². The number of amides is 1. The van der Waals surface area contributed by atoms with Crippen LogP contribution in [-0.2, 0) is 22.7 Å². The van der Waals surface area contributed by atoms with Crippen LogP contribution in [0.15, 0.2) is 71.6 Å². The number of aliphatic hydroxyl groups excluding tert-OH is 1. The van der Waals surface area contributed by atoms with Crippen LogP contribution < -0.4 is 9.46 Å². The third-order valence-corrected chi connectivity index (χ3v) is 8.66. The highest BCUT2D eigenvalue weighted by Crippen LogP contribution is 2.32. The summed E-state index contributed by atoms with van der Waals surface area (Å²) in [5.41, 5.74) is 0.121. The fourth-order valence-corrected chi connectivity index (χ4v) is 5.86. The van der Waals surface area contributed by atoms with Gasteiger partial charge < -0.3 is 14.7 Å². The van der Waals surface area contributed by atoms with Crippen molar-refractivity contribution < 1.29 is 40.6 Å². The molecule has 0 spiro atoms. The molecule has 3 aromatic rings. The summed E-state index contributed by atoms with van der Waals surface area (Å²) in [5.74, 6) is -1.04. The number of rotatable bonds is 9. The van der Waals surface area contributed by atoms with Gasteiger partial charge in [-0.05, 0) is 74.1 Å². The molecule has 1 heterocycles. The number of hydrogen-bond acceptors (Lipinski definition) is 6. The van der Waals surface area contributed by atoms with Crippen molar-refractivity contribution in [3.05, 3.63) is 89.2 Å². The van der Waals surface area contributed by atoms with E-state index in [1.165, 1.54) is 35.2 Å². The predicted molar refractivity (Wildman–Crippen MR) is 153 cm³/mol. The highest BCUT2D eigenvalue weighted by Gasteiger charge is 2.34. The first-order valence-electron chi connectivity index (χ1n) is 13.5. The maximum absolute atomic E-state index is 13.7. The van der Waals surface area contributed by atoms with Crippen LogP contribution in [0, 0.1) is 11.7 Å². The molecule has 0 radical (unpaired) electrons. The van der Waals surface area contributed by atoms with Crippen LogP contribution in [0.25, 0.3) is 0 Å². The summed E-state index contributed by atoms with van der Waals surface area (Å²) in [5, 5.41) is 9.88. The largest absolute Gasteiger partial charge is 0.488 e. The number of fused-ring (bicyclic) bond motifs is 1. The van der Waals surface area contributed by atoms with E-state index in [0.29, 0.717) is 18.7 Å². The molecule has 4 rings (SSSR count). The Balaban J connectivity index is 1.59. The second-order valence-electron chi connectivity index (χ2n) is 10.8. The van der Waals surface area contributed by atoms with Crippen molar-refractivity contribution in [2.75, 3.05) is 31.5 Å². The highest BCUT2D eigenvalue weighted by atomic mass is 32.2. The van der Waals surface area contributed by atoms with Crippen molar-refractivity contribution in [2.24, 2.45) is 5.92 Å². The quantitative estimate of drug-likeness (QED) is 0.326. The topological polar surface area (TPSA) is 99.2 Å². The Morgan fingerprint density at radius 2 is 1.74 bits per heavy atom. The average Bonchev–Trinajstić information content (AvgIpc) is 2.94. The van der Waals surface area contributed by atoms with Crippen LogP contribution in [0.2, 0.25) is 0 Å². The Labute approximate surface area is 247 Å². The average molecular weight is 624 g/mol. The molecule has 0 fully saturated rings. The minimum absolute atomic E-state index is 0.0845. The van der Waals surface area contributed by atoms with Gasteiger partial charge in [0.05, 0.1) is 28.7 Å². The van der Waals surface area contributed by atoms with Crippen molar-refractivity contribution >= 4 is 21.6 Å². The fourth-order valence-electron chi connectivity index (χ4n) is 4.81. The summed E-state index contributed by atoms with van der Waals surface area (Å²) in [4.78, 5) is 16.9. The molecule has 8 nitrogen and oxygen atoms in total. The Hall–Kier alpha value is -3.68. The maximum atomic E-state index is 13.7. The van der Waals surface area contributed by atoms with E-state index < -0.39 is 45.6 Å². The first-order valence-corrected chi connectivity index (χ1v) is 15.0. The number of aliphatic hydroxyl groups is 1. The summed E-state index contributed by atoms with van der Waals surface area (Å²) in [6.45, 7) is 4.22. The first-order chi connectivity index (χ1) is 20.2. The van der Waals surface area contributed by atoms with E-state index in [1.54, 1.807) is 14.0 Å². The number of likely N-dealkylation sites (N-methyl/N-ethyl adjacent to an activating group) is 1. The van der Waals surface area contributed by atoms with Crippen LogP contribution in [0.3, 0.4) is 0 Å². The minimum Gasteiger partial charge on any atom is -0.488 e. The summed E-state index contributed by atoms with van der Waals surface area (Å²) in [7, 11) is -2.29. The number of benzene rings is 3. The van der Waals surface area contributed by atoms with E-state index in [1.807, 2.05) is 11.8 Å². The lowest BCUT2D eigenvalue weighted by Crippen LogP contribution is -2.49. The van der Waals surface area contributed by atoms with Crippen LogP contribution in [0.1, 0.15) is 35.3 Å². The molecule has 3 atom stereocenters. The zero-order chi connectivity index (χ0) is 31.5. The smallest absolute Gasteiger partial charge is 0.416 e. The second kappa shape index (κ2) is 12.9. The van der Waals surface area contributed by atoms with Crippen LogP contribution in [0.5, 0.6) is 5.75 Å². The normalized spacial score (nSPS) is 18.4. The lowest BCUT2D eigenvalue weighted by Gasteiger charge is -2.38. The second-order valence-corrected chi connectivity index (χ2v) is 12.5. The Kier molecular flexibility index (Phi) is 9.67. The maximum Gasteiger partial charge on any atom is 0.416 e. The Morgan fingerprint density at radius 3 is 2.35 bits per heavy atom. The van der Waals surface area contributed by atoms with Gasteiger partial charge in [-0.2, -0.15) is 13.2 Å². The monoisotopic (exact) mass is 623 g/mol. The molecule has 3 aromatic carbocycles. The number of nitrogens with zero attached hydrogens (tertiary/aromatic N) is 2. The van der Waals surface area contributed by atoms with Crippen molar-refractivity contribution in [1.82, 2.24) is 9.80 Å². The van der Waals surface area contributed by atoms with Gasteiger partial charge in [-0.3, -0.25) is 14.4 Å². The van der Waals surface area contributed by atoms with Gasteiger partial charge in [0.2, 0.25) is 0 Å². The van der Waals surface area contributed by atoms with Crippen LogP contribution in [0.4, 0.5) is 23.2 Å². The number of nitrogens with one attached hydrogen (secondary N) is 1. The number of halogens is 4. The summed E-state index contributed by atoms with van der Waals surface area (Å²) in [6.07, 6.45) is -4.89. The first kappa shape index (κ1) is 32.2. The van der Waals surface area contributed by atoms with Gasteiger partial charge in [-0.15, -0.1) is 0 Å². The van der Waals surface area contributed by atoms with E-state index in [4.69, 9.17) is 4.74 Å². The van der Waals surface area contributed by atoms with Crippen LogP contribution >= 0.6 is 0 Å².